The number of benzene rings is 1. The zero-order chi connectivity index (χ0) is 9.31. The van der Waals surface area contributed by atoms with Crippen molar-refractivity contribution in [1.82, 2.24) is 10.6 Å². The van der Waals surface area contributed by atoms with Crippen LogP contribution in [-0.2, 0) is 5.66 Å². The van der Waals surface area contributed by atoms with Crippen LogP contribution in [0, 0.1) is 5.82 Å². The second-order valence-corrected chi connectivity index (χ2v) is 3.49. The topological polar surface area (TPSA) is 24.1 Å². The van der Waals surface area contributed by atoms with Crippen molar-refractivity contribution in [1.29, 1.82) is 0 Å². The molecular formula is C10H13FN2. The first-order valence-corrected chi connectivity index (χ1v) is 4.47. The van der Waals surface area contributed by atoms with Crippen LogP contribution >= 0.6 is 0 Å². The van der Waals surface area contributed by atoms with Gasteiger partial charge in [-0.25, -0.2) is 4.39 Å². The molecule has 0 saturated carbocycles. The van der Waals surface area contributed by atoms with E-state index < -0.39 is 0 Å². The van der Waals surface area contributed by atoms with E-state index in [1.165, 1.54) is 12.1 Å². The van der Waals surface area contributed by atoms with Crippen LogP contribution in [0.25, 0.3) is 0 Å². The van der Waals surface area contributed by atoms with Gasteiger partial charge in [-0.1, -0.05) is 12.1 Å². The summed E-state index contributed by atoms with van der Waals surface area (Å²) < 4.78 is 12.7. The Morgan fingerprint density at radius 2 is 1.69 bits per heavy atom. The summed E-state index contributed by atoms with van der Waals surface area (Å²) in [6, 6.07) is 6.59. The van der Waals surface area contributed by atoms with Crippen LogP contribution in [-0.4, -0.2) is 13.1 Å². The Kier molecular flexibility index (Phi) is 2.06. The number of nitrogens with one attached hydrogen (secondary N) is 2. The van der Waals surface area contributed by atoms with Crippen molar-refractivity contribution >= 4 is 0 Å². The third kappa shape index (κ3) is 1.57. The molecule has 1 aliphatic heterocycles. The zero-order valence-electron chi connectivity index (χ0n) is 7.60. The smallest absolute Gasteiger partial charge is 0.123 e. The van der Waals surface area contributed by atoms with Gasteiger partial charge < -0.3 is 0 Å². The van der Waals surface area contributed by atoms with Crippen molar-refractivity contribution in [3.8, 4) is 0 Å². The molecule has 2 N–H and O–H groups in total. The van der Waals surface area contributed by atoms with E-state index in [9.17, 15) is 4.39 Å². The van der Waals surface area contributed by atoms with E-state index in [0.717, 1.165) is 18.7 Å². The van der Waals surface area contributed by atoms with Crippen molar-refractivity contribution < 1.29 is 4.39 Å². The molecule has 70 valence electrons. The summed E-state index contributed by atoms with van der Waals surface area (Å²) in [5, 5.41) is 6.67. The number of halogens is 1. The molecule has 0 aliphatic carbocycles. The van der Waals surface area contributed by atoms with Crippen LogP contribution < -0.4 is 10.6 Å². The number of hydrogen-bond acceptors (Lipinski definition) is 2. The van der Waals surface area contributed by atoms with E-state index in [-0.39, 0.29) is 11.5 Å². The zero-order valence-corrected chi connectivity index (χ0v) is 7.60. The summed E-state index contributed by atoms with van der Waals surface area (Å²) in [6.45, 7) is 3.97. The SMILES string of the molecule is CC1(c2ccc(F)cc2)NCCN1. The predicted octanol–water partition coefficient (Wildman–Crippen LogP) is 1.19. The summed E-state index contributed by atoms with van der Waals surface area (Å²) in [6.07, 6.45) is 0. The van der Waals surface area contributed by atoms with Gasteiger partial charge in [-0.15, -0.1) is 0 Å². The molecule has 1 aromatic carbocycles. The van der Waals surface area contributed by atoms with Gasteiger partial charge in [-0.3, -0.25) is 10.6 Å². The lowest BCUT2D eigenvalue weighted by Gasteiger charge is -2.25. The molecule has 0 aromatic heterocycles. The molecule has 0 amide bonds. The van der Waals surface area contributed by atoms with Crippen LogP contribution in [0.1, 0.15) is 12.5 Å². The van der Waals surface area contributed by atoms with Crippen molar-refractivity contribution in [2.45, 2.75) is 12.6 Å². The van der Waals surface area contributed by atoms with Gasteiger partial charge in [-0.05, 0) is 24.6 Å². The molecule has 1 heterocycles. The predicted molar refractivity (Wildman–Crippen MR) is 49.8 cm³/mol. The number of hydrogen-bond donors (Lipinski definition) is 2. The Morgan fingerprint density at radius 3 is 2.23 bits per heavy atom. The van der Waals surface area contributed by atoms with Gasteiger partial charge in [0.15, 0.2) is 0 Å². The average molecular weight is 180 g/mol. The lowest BCUT2D eigenvalue weighted by Crippen LogP contribution is -2.42. The molecule has 1 aromatic rings. The minimum Gasteiger partial charge on any atom is -0.295 e. The molecule has 2 nitrogen and oxygen atoms in total. The Balaban J connectivity index is 2.29. The molecule has 3 heteroatoms. The Labute approximate surface area is 77.2 Å². The molecule has 1 fully saturated rings. The van der Waals surface area contributed by atoms with Crippen LogP contribution in [0.3, 0.4) is 0 Å². The summed E-state index contributed by atoms with van der Waals surface area (Å²) in [5.41, 5.74) is 0.889. The quantitative estimate of drug-likeness (QED) is 0.678. The van der Waals surface area contributed by atoms with Crippen molar-refractivity contribution in [3.63, 3.8) is 0 Å². The van der Waals surface area contributed by atoms with Crippen LogP contribution in [0.5, 0.6) is 0 Å². The molecule has 0 unspecified atom stereocenters. The Bertz CT molecular complexity index is 288. The molecule has 0 bridgehead atoms. The fourth-order valence-corrected chi connectivity index (χ4v) is 1.67. The van der Waals surface area contributed by atoms with Gasteiger partial charge in [0.25, 0.3) is 0 Å². The van der Waals surface area contributed by atoms with E-state index >= 15 is 0 Å². The summed E-state index contributed by atoms with van der Waals surface area (Å²) in [5.74, 6) is -0.189. The van der Waals surface area contributed by atoms with Crippen molar-refractivity contribution in [2.24, 2.45) is 0 Å². The minimum absolute atomic E-state index is 0.187. The normalized spacial score (nSPS) is 20.5. The highest BCUT2D eigenvalue weighted by Gasteiger charge is 2.28. The average Bonchev–Trinajstić information content (AvgIpc) is 2.54. The van der Waals surface area contributed by atoms with Crippen LogP contribution in [0.15, 0.2) is 24.3 Å². The van der Waals surface area contributed by atoms with Gasteiger partial charge in [-0.2, -0.15) is 0 Å². The summed E-state index contributed by atoms with van der Waals surface area (Å²) in [7, 11) is 0. The molecule has 0 radical (unpaired) electrons. The van der Waals surface area contributed by atoms with Gasteiger partial charge >= 0.3 is 0 Å². The van der Waals surface area contributed by atoms with Gasteiger partial charge in [0.1, 0.15) is 5.82 Å². The van der Waals surface area contributed by atoms with E-state index in [2.05, 4.69) is 17.6 Å². The van der Waals surface area contributed by atoms with E-state index in [0.29, 0.717) is 0 Å². The Morgan fingerprint density at radius 1 is 1.15 bits per heavy atom. The maximum Gasteiger partial charge on any atom is 0.123 e. The highest BCUT2D eigenvalue weighted by atomic mass is 19.1. The second kappa shape index (κ2) is 3.09. The molecule has 13 heavy (non-hydrogen) atoms. The van der Waals surface area contributed by atoms with Gasteiger partial charge in [0.2, 0.25) is 0 Å². The van der Waals surface area contributed by atoms with Gasteiger partial charge in [0, 0.05) is 13.1 Å². The summed E-state index contributed by atoms with van der Waals surface area (Å²) >= 11 is 0. The third-order valence-electron chi connectivity index (χ3n) is 2.50. The van der Waals surface area contributed by atoms with Gasteiger partial charge in [0.05, 0.1) is 5.66 Å². The standard InChI is InChI=1S/C10H13FN2/c1-10(12-6-7-13-10)8-2-4-9(11)5-3-8/h2-5,12-13H,6-7H2,1H3. The molecule has 1 saturated heterocycles. The Hall–Kier alpha value is -0.930. The van der Waals surface area contributed by atoms with Crippen molar-refractivity contribution in [2.75, 3.05) is 13.1 Å². The minimum atomic E-state index is -0.189. The van der Waals surface area contributed by atoms with Crippen LogP contribution in [0.2, 0.25) is 0 Å². The monoisotopic (exact) mass is 180 g/mol. The van der Waals surface area contributed by atoms with E-state index in [1.807, 2.05) is 0 Å². The first-order valence-electron chi connectivity index (χ1n) is 4.47. The van der Waals surface area contributed by atoms with E-state index in [1.54, 1.807) is 12.1 Å². The number of rotatable bonds is 1. The van der Waals surface area contributed by atoms with Crippen LogP contribution in [0.4, 0.5) is 4.39 Å². The molecular weight excluding hydrogens is 167 g/mol. The molecule has 0 atom stereocenters. The maximum absolute atomic E-state index is 12.7. The largest absolute Gasteiger partial charge is 0.295 e. The van der Waals surface area contributed by atoms with E-state index in [4.69, 9.17) is 0 Å². The lowest BCUT2D eigenvalue weighted by molar-refractivity contribution is 0.385. The molecule has 1 aliphatic rings. The first-order chi connectivity index (χ1) is 6.21. The van der Waals surface area contributed by atoms with Crippen molar-refractivity contribution in [3.05, 3.63) is 35.6 Å². The fourth-order valence-electron chi connectivity index (χ4n) is 1.67. The molecule has 0 spiro atoms. The lowest BCUT2D eigenvalue weighted by atomic mass is 10.0. The second-order valence-electron chi connectivity index (χ2n) is 3.49. The molecule has 2 rings (SSSR count). The summed E-state index contributed by atoms with van der Waals surface area (Å²) in [4.78, 5) is 0. The fraction of sp³-hybridized carbons (Fsp3) is 0.400. The highest BCUT2D eigenvalue weighted by Crippen LogP contribution is 2.19. The third-order valence-corrected chi connectivity index (χ3v) is 2.50. The first kappa shape index (κ1) is 8.66. The maximum atomic E-state index is 12.7. The highest BCUT2D eigenvalue weighted by molar-refractivity contribution is 5.24.